The molecule has 1 nitrogen and oxygen atoms in total. The minimum absolute atomic E-state index is 0.248. The van der Waals surface area contributed by atoms with E-state index in [-0.39, 0.29) is 5.82 Å². The van der Waals surface area contributed by atoms with Gasteiger partial charge in [-0.05, 0) is 48.8 Å². The van der Waals surface area contributed by atoms with Gasteiger partial charge in [-0.2, -0.15) is 0 Å². The van der Waals surface area contributed by atoms with E-state index in [1.165, 1.54) is 12.1 Å². The van der Waals surface area contributed by atoms with Gasteiger partial charge in [0.2, 0.25) is 0 Å². The van der Waals surface area contributed by atoms with Crippen LogP contribution in [0.15, 0.2) is 22.7 Å². The highest BCUT2D eigenvalue weighted by Gasteiger charge is 2.36. The van der Waals surface area contributed by atoms with Crippen LogP contribution in [0.4, 0.5) is 4.39 Å². The smallest absolute Gasteiger partial charge is 0.124 e. The minimum Gasteiger partial charge on any atom is -0.390 e. The summed E-state index contributed by atoms with van der Waals surface area (Å²) >= 11 is 3.37. The Balaban J connectivity index is 2.09. The molecule has 1 aliphatic carbocycles. The topological polar surface area (TPSA) is 20.2 Å². The normalized spacial score (nSPS) is 21.8. The second kappa shape index (κ2) is 4.93. The Morgan fingerprint density at radius 1 is 1.22 bits per heavy atom. The molecular formula is C15H20BrFO. The molecule has 1 fully saturated rings. The lowest BCUT2D eigenvalue weighted by Crippen LogP contribution is -2.38. The van der Waals surface area contributed by atoms with Gasteiger partial charge in [-0.3, -0.25) is 0 Å². The first-order valence-electron chi connectivity index (χ1n) is 6.46. The quantitative estimate of drug-likeness (QED) is 0.854. The third-order valence-corrected chi connectivity index (χ3v) is 4.81. The largest absolute Gasteiger partial charge is 0.390 e. The minimum atomic E-state index is -0.629. The van der Waals surface area contributed by atoms with Crippen LogP contribution < -0.4 is 0 Å². The van der Waals surface area contributed by atoms with Crippen LogP contribution in [0.1, 0.15) is 45.1 Å². The van der Waals surface area contributed by atoms with Crippen LogP contribution in [0.2, 0.25) is 0 Å². The van der Waals surface area contributed by atoms with E-state index in [0.29, 0.717) is 11.8 Å². The van der Waals surface area contributed by atoms with Gasteiger partial charge in [0.1, 0.15) is 5.82 Å². The summed E-state index contributed by atoms with van der Waals surface area (Å²) in [6.07, 6.45) is 4.34. The Bertz CT molecular complexity index is 432. The zero-order valence-corrected chi connectivity index (χ0v) is 12.6. The number of benzene rings is 1. The average molecular weight is 315 g/mol. The van der Waals surface area contributed by atoms with E-state index in [9.17, 15) is 9.50 Å². The van der Waals surface area contributed by atoms with Crippen molar-refractivity contribution in [3.05, 3.63) is 34.1 Å². The van der Waals surface area contributed by atoms with E-state index in [2.05, 4.69) is 29.8 Å². The highest BCUT2D eigenvalue weighted by molar-refractivity contribution is 9.10. The number of hydrogen-bond donors (Lipinski definition) is 1. The summed E-state index contributed by atoms with van der Waals surface area (Å²) in [6.45, 7) is 4.50. The van der Waals surface area contributed by atoms with Crippen molar-refractivity contribution in [1.29, 1.82) is 0 Å². The van der Waals surface area contributed by atoms with Crippen molar-refractivity contribution in [3.8, 4) is 0 Å². The molecule has 0 heterocycles. The average Bonchev–Trinajstić information content (AvgIpc) is 2.28. The van der Waals surface area contributed by atoms with Crippen LogP contribution in [-0.2, 0) is 6.42 Å². The molecule has 0 spiro atoms. The van der Waals surface area contributed by atoms with Gasteiger partial charge in [0.05, 0.1) is 5.60 Å². The first-order valence-corrected chi connectivity index (χ1v) is 7.25. The third kappa shape index (κ3) is 3.33. The molecule has 1 aromatic carbocycles. The summed E-state index contributed by atoms with van der Waals surface area (Å²) < 4.78 is 13.8. The van der Waals surface area contributed by atoms with Crippen LogP contribution in [0.3, 0.4) is 0 Å². The van der Waals surface area contributed by atoms with Crippen LogP contribution in [-0.4, -0.2) is 10.7 Å². The molecule has 1 N–H and O–H groups in total. The fourth-order valence-electron chi connectivity index (χ4n) is 2.59. The number of rotatable bonds is 2. The van der Waals surface area contributed by atoms with Gasteiger partial charge in [0.25, 0.3) is 0 Å². The number of hydrogen-bond acceptors (Lipinski definition) is 1. The lowest BCUT2D eigenvalue weighted by atomic mass is 9.69. The SMILES string of the molecule is CC1(C)CCC(O)(Cc2ccc(F)cc2Br)CC1. The van der Waals surface area contributed by atoms with Crippen molar-refractivity contribution < 1.29 is 9.50 Å². The van der Waals surface area contributed by atoms with E-state index in [4.69, 9.17) is 0 Å². The van der Waals surface area contributed by atoms with Crippen molar-refractivity contribution in [2.24, 2.45) is 5.41 Å². The van der Waals surface area contributed by atoms with E-state index < -0.39 is 5.60 Å². The molecule has 1 saturated carbocycles. The maximum Gasteiger partial charge on any atom is 0.124 e. The maximum atomic E-state index is 13.0. The molecule has 3 heteroatoms. The summed E-state index contributed by atoms with van der Waals surface area (Å²) in [5.41, 5.74) is 0.695. The third-order valence-electron chi connectivity index (χ3n) is 4.07. The van der Waals surface area contributed by atoms with Crippen LogP contribution >= 0.6 is 15.9 Å². The lowest BCUT2D eigenvalue weighted by Gasteiger charge is -2.40. The highest BCUT2D eigenvalue weighted by Crippen LogP contribution is 2.42. The fourth-order valence-corrected chi connectivity index (χ4v) is 3.08. The Kier molecular flexibility index (Phi) is 3.84. The molecule has 1 aromatic rings. The maximum absolute atomic E-state index is 13.0. The summed E-state index contributed by atoms with van der Waals surface area (Å²) in [4.78, 5) is 0. The first kappa shape index (κ1) is 14.0. The zero-order valence-electron chi connectivity index (χ0n) is 11.0. The predicted molar refractivity (Wildman–Crippen MR) is 75.0 cm³/mol. The molecule has 0 amide bonds. The van der Waals surface area contributed by atoms with Gasteiger partial charge in [-0.1, -0.05) is 35.8 Å². The van der Waals surface area contributed by atoms with Gasteiger partial charge in [-0.25, -0.2) is 4.39 Å². The second-order valence-electron chi connectivity index (χ2n) is 6.30. The van der Waals surface area contributed by atoms with Gasteiger partial charge in [-0.15, -0.1) is 0 Å². The molecule has 100 valence electrons. The van der Waals surface area contributed by atoms with E-state index >= 15 is 0 Å². The molecule has 0 aromatic heterocycles. The van der Waals surface area contributed by atoms with E-state index in [1.54, 1.807) is 6.07 Å². The van der Waals surface area contributed by atoms with Crippen LogP contribution in [0.25, 0.3) is 0 Å². The molecule has 2 rings (SSSR count). The van der Waals surface area contributed by atoms with Crippen molar-refractivity contribution in [1.82, 2.24) is 0 Å². The van der Waals surface area contributed by atoms with Gasteiger partial charge < -0.3 is 5.11 Å². The number of halogens is 2. The molecular weight excluding hydrogens is 295 g/mol. The Hall–Kier alpha value is -0.410. The molecule has 1 aliphatic rings. The zero-order chi connectivity index (χ0) is 13.4. The Morgan fingerprint density at radius 2 is 1.83 bits per heavy atom. The van der Waals surface area contributed by atoms with Crippen LogP contribution in [0, 0.1) is 11.2 Å². The lowest BCUT2D eigenvalue weighted by molar-refractivity contribution is -0.0252. The highest BCUT2D eigenvalue weighted by atomic mass is 79.9. The summed E-state index contributed by atoms with van der Waals surface area (Å²) in [6, 6.07) is 4.68. The summed E-state index contributed by atoms with van der Waals surface area (Å²) in [7, 11) is 0. The van der Waals surface area contributed by atoms with Gasteiger partial charge >= 0.3 is 0 Å². The van der Waals surface area contributed by atoms with Gasteiger partial charge in [0.15, 0.2) is 0 Å². The van der Waals surface area contributed by atoms with E-state index in [0.717, 1.165) is 35.7 Å². The predicted octanol–water partition coefficient (Wildman–Crippen LogP) is 4.46. The Morgan fingerprint density at radius 3 is 2.39 bits per heavy atom. The fraction of sp³-hybridized carbons (Fsp3) is 0.600. The van der Waals surface area contributed by atoms with E-state index in [1.807, 2.05) is 0 Å². The molecule has 0 radical (unpaired) electrons. The standard InChI is InChI=1S/C15H20BrFO/c1-14(2)5-7-15(18,8-6-14)10-11-3-4-12(17)9-13(11)16/h3-4,9,18H,5-8,10H2,1-2H3. The number of aliphatic hydroxyl groups is 1. The molecule has 0 bridgehead atoms. The second-order valence-corrected chi connectivity index (χ2v) is 7.16. The molecule has 0 saturated heterocycles. The first-order chi connectivity index (χ1) is 8.30. The molecule has 18 heavy (non-hydrogen) atoms. The molecule has 0 atom stereocenters. The molecule has 0 aliphatic heterocycles. The van der Waals surface area contributed by atoms with Crippen molar-refractivity contribution >= 4 is 15.9 Å². The van der Waals surface area contributed by atoms with Gasteiger partial charge in [0, 0.05) is 10.9 Å². The van der Waals surface area contributed by atoms with Crippen molar-refractivity contribution in [2.45, 2.75) is 51.6 Å². The summed E-state index contributed by atoms with van der Waals surface area (Å²) in [5.74, 6) is -0.248. The van der Waals surface area contributed by atoms with Crippen LogP contribution in [0.5, 0.6) is 0 Å². The summed E-state index contributed by atoms with van der Waals surface area (Å²) in [5, 5.41) is 10.6. The van der Waals surface area contributed by atoms with Crippen molar-refractivity contribution in [2.75, 3.05) is 0 Å². The molecule has 0 unspecified atom stereocenters. The Labute approximate surface area is 117 Å². The monoisotopic (exact) mass is 314 g/mol. The van der Waals surface area contributed by atoms with Crippen molar-refractivity contribution in [3.63, 3.8) is 0 Å².